The van der Waals surface area contributed by atoms with Gasteiger partial charge in [-0.1, -0.05) is 11.8 Å². The highest BCUT2D eigenvalue weighted by molar-refractivity contribution is 7.14. The fraction of sp³-hybridized carbons (Fsp3) is 0.286. The van der Waals surface area contributed by atoms with E-state index in [9.17, 15) is 4.79 Å². The molecule has 0 aliphatic heterocycles. The average molecular weight is 303 g/mol. The predicted octanol–water partition coefficient (Wildman–Crippen LogP) is 2.64. The molecule has 2 aromatic rings. The van der Waals surface area contributed by atoms with E-state index in [1.54, 1.807) is 0 Å². The highest BCUT2D eigenvalue weighted by Crippen LogP contribution is 2.40. The smallest absolute Gasteiger partial charge is 0.268 e. The third-order valence-corrected chi connectivity index (χ3v) is 4.62. The Kier molecular flexibility index (Phi) is 3.83. The van der Waals surface area contributed by atoms with Crippen molar-refractivity contribution in [2.45, 2.75) is 18.8 Å². The molecular formula is C14H13N3OS2. The number of carbonyl (C=O) groups is 1. The van der Waals surface area contributed by atoms with Crippen molar-refractivity contribution in [3.63, 3.8) is 0 Å². The van der Waals surface area contributed by atoms with Crippen LogP contribution in [-0.2, 0) is 0 Å². The van der Waals surface area contributed by atoms with E-state index in [2.05, 4.69) is 22.1 Å². The molecule has 1 saturated carbocycles. The molecule has 0 spiro atoms. The van der Waals surface area contributed by atoms with Gasteiger partial charge in [0.2, 0.25) is 0 Å². The molecule has 0 atom stereocenters. The number of anilines is 1. The van der Waals surface area contributed by atoms with E-state index in [-0.39, 0.29) is 12.5 Å². The van der Waals surface area contributed by atoms with Crippen LogP contribution in [0.5, 0.6) is 0 Å². The molecule has 4 nitrogen and oxygen atoms in total. The second-order valence-corrected chi connectivity index (χ2v) is 6.25. The van der Waals surface area contributed by atoms with Crippen LogP contribution < -0.4 is 11.1 Å². The van der Waals surface area contributed by atoms with Crippen LogP contribution in [0.25, 0.3) is 0 Å². The lowest BCUT2D eigenvalue weighted by molar-refractivity contribution is 0.103. The van der Waals surface area contributed by atoms with Crippen LogP contribution in [0.15, 0.2) is 16.8 Å². The number of nitrogens with zero attached hydrogens (tertiary/aromatic N) is 1. The quantitative estimate of drug-likeness (QED) is 0.857. The minimum atomic E-state index is -0.155. The molecule has 0 saturated heterocycles. The van der Waals surface area contributed by atoms with Crippen molar-refractivity contribution in [3.8, 4) is 11.8 Å². The Morgan fingerprint density at radius 3 is 3.10 bits per heavy atom. The lowest BCUT2D eigenvalue weighted by atomic mass is 10.2. The zero-order valence-electron chi connectivity index (χ0n) is 10.7. The van der Waals surface area contributed by atoms with Gasteiger partial charge in [-0.3, -0.25) is 10.1 Å². The van der Waals surface area contributed by atoms with Crippen LogP contribution in [0, 0.1) is 11.8 Å². The summed E-state index contributed by atoms with van der Waals surface area (Å²) in [6, 6.07) is 1.83. The zero-order valence-corrected chi connectivity index (χ0v) is 12.3. The second-order valence-electron chi connectivity index (χ2n) is 4.48. The largest absolute Gasteiger partial charge is 0.320 e. The molecule has 102 valence electrons. The molecule has 1 amide bonds. The van der Waals surface area contributed by atoms with Crippen molar-refractivity contribution in [1.29, 1.82) is 0 Å². The van der Waals surface area contributed by atoms with E-state index in [1.807, 2.05) is 16.8 Å². The molecule has 0 unspecified atom stereocenters. The summed E-state index contributed by atoms with van der Waals surface area (Å²) >= 11 is 2.85. The molecule has 0 aromatic carbocycles. The van der Waals surface area contributed by atoms with Gasteiger partial charge in [-0.05, 0) is 24.3 Å². The topological polar surface area (TPSA) is 68.0 Å². The summed E-state index contributed by atoms with van der Waals surface area (Å²) in [4.78, 5) is 17.3. The Bertz CT molecular complexity index is 689. The van der Waals surface area contributed by atoms with Crippen molar-refractivity contribution >= 4 is 33.7 Å². The minimum Gasteiger partial charge on any atom is -0.320 e. The normalized spacial score (nSPS) is 13.7. The Morgan fingerprint density at radius 2 is 2.35 bits per heavy atom. The van der Waals surface area contributed by atoms with Gasteiger partial charge < -0.3 is 5.73 Å². The van der Waals surface area contributed by atoms with Crippen molar-refractivity contribution in [2.75, 3.05) is 11.9 Å². The van der Waals surface area contributed by atoms with Gasteiger partial charge in [0.1, 0.15) is 4.88 Å². The highest BCUT2D eigenvalue weighted by atomic mass is 32.1. The third kappa shape index (κ3) is 2.90. The van der Waals surface area contributed by atoms with Gasteiger partial charge in [0, 0.05) is 16.9 Å². The molecule has 3 rings (SSSR count). The number of hydrogen-bond acceptors (Lipinski definition) is 5. The summed E-state index contributed by atoms with van der Waals surface area (Å²) in [7, 11) is 0. The van der Waals surface area contributed by atoms with E-state index in [0.717, 1.165) is 11.3 Å². The number of nitrogens with two attached hydrogens (primary N) is 1. The Labute approximate surface area is 125 Å². The summed E-state index contributed by atoms with van der Waals surface area (Å²) < 4.78 is 0. The minimum absolute atomic E-state index is 0.155. The van der Waals surface area contributed by atoms with E-state index < -0.39 is 0 Å². The van der Waals surface area contributed by atoms with Crippen molar-refractivity contribution in [2.24, 2.45) is 5.73 Å². The molecule has 2 aromatic heterocycles. The van der Waals surface area contributed by atoms with Crippen molar-refractivity contribution in [3.05, 3.63) is 33.0 Å². The molecule has 1 aliphatic carbocycles. The van der Waals surface area contributed by atoms with Crippen LogP contribution in [0.4, 0.5) is 5.13 Å². The summed E-state index contributed by atoms with van der Waals surface area (Å²) in [6.45, 7) is 0.286. The predicted molar refractivity (Wildman–Crippen MR) is 82.3 cm³/mol. The van der Waals surface area contributed by atoms with E-state index in [4.69, 9.17) is 5.73 Å². The van der Waals surface area contributed by atoms with Crippen LogP contribution in [0.1, 0.15) is 39.7 Å². The first-order valence-corrected chi connectivity index (χ1v) is 8.07. The first-order chi connectivity index (χ1) is 9.78. The molecule has 0 radical (unpaired) electrons. The second kappa shape index (κ2) is 5.75. The van der Waals surface area contributed by atoms with Crippen LogP contribution >= 0.6 is 22.7 Å². The molecule has 20 heavy (non-hydrogen) atoms. The maximum absolute atomic E-state index is 12.2. The van der Waals surface area contributed by atoms with E-state index in [0.29, 0.717) is 15.9 Å². The lowest BCUT2D eigenvalue weighted by Gasteiger charge is -1.99. The van der Waals surface area contributed by atoms with Gasteiger partial charge in [-0.15, -0.1) is 22.7 Å². The summed E-state index contributed by atoms with van der Waals surface area (Å²) in [5, 5.41) is 7.38. The molecule has 1 aliphatic rings. The first kappa shape index (κ1) is 13.3. The number of amides is 1. The maximum Gasteiger partial charge on any atom is 0.268 e. The number of rotatable bonds is 3. The molecule has 6 heteroatoms. The highest BCUT2D eigenvalue weighted by Gasteiger charge is 2.26. The fourth-order valence-electron chi connectivity index (χ4n) is 1.79. The number of hydrogen-bond donors (Lipinski definition) is 2. The fourth-order valence-corrected chi connectivity index (χ4v) is 3.33. The Balaban J connectivity index is 1.73. The van der Waals surface area contributed by atoms with Gasteiger partial charge in [0.15, 0.2) is 5.13 Å². The van der Waals surface area contributed by atoms with Crippen molar-refractivity contribution < 1.29 is 4.79 Å². The monoisotopic (exact) mass is 303 g/mol. The van der Waals surface area contributed by atoms with Crippen molar-refractivity contribution in [1.82, 2.24) is 4.98 Å². The van der Waals surface area contributed by atoms with Crippen LogP contribution in [0.3, 0.4) is 0 Å². The lowest BCUT2D eigenvalue weighted by Crippen LogP contribution is -2.11. The Hall–Kier alpha value is -1.68. The number of thiophene rings is 1. The number of carbonyl (C=O) groups excluding carboxylic acids is 1. The number of nitrogens with one attached hydrogen (secondary N) is 1. The maximum atomic E-state index is 12.2. The summed E-state index contributed by atoms with van der Waals surface area (Å²) in [5.74, 6) is 6.13. The van der Waals surface area contributed by atoms with Gasteiger partial charge in [-0.25, -0.2) is 4.98 Å². The molecule has 1 fully saturated rings. The zero-order chi connectivity index (χ0) is 13.9. The standard InChI is InChI=1S/C14H13N3OS2/c15-6-1-2-10-5-7-19-12(10)13(18)17-14-16-11(8-20-14)9-3-4-9/h5,7-9H,3-4,6,15H2,(H,16,17,18). The van der Waals surface area contributed by atoms with Gasteiger partial charge in [0.05, 0.1) is 12.2 Å². The van der Waals surface area contributed by atoms with Gasteiger partial charge in [-0.2, -0.15) is 0 Å². The van der Waals surface area contributed by atoms with Gasteiger partial charge >= 0.3 is 0 Å². The van der Waals surface area contributed by atoms with Gasteiger partial charge in [0.25, 0.3) is 5.91 Å². The van der Waals surface area contributed by atoms with E-state index in [1.165, 1.54) is 35.5 Å². The third-order valence-electron chi connectivity index (χ3n) is 2.93. The molecular weight excluding hydrogens is 290 g/mol. The average Bonchev–Trinajstić information content (AvgIpc) is 3.01. The number of aromatic nitrogens is 1. The summed E-state index contributed by atoms with van der Waals surface area (Å²) in [6.07, 6.45) is 2.42. The first-order valence-electron chi connectivity index (χ1n) is 6.31. The van der Waals surface area contributed by atoms with E-state index >= 15 is 0 Å². The Morgan fingerprint density at radius 1 is 1.50 bits per heavy atom. The molecule has 0 bridgehead atoms. The molecule has 3 N–H and O–H groups in total. The van der Waals surface area contributed by atoms with Crippen LogP contribution in [0.2, 0.25) is 0 Å². The number of thiazole rings is 1. The molecule has 2 heterocycles. The SMILES string of the molecule is NCC#Cc1ccsc1C(=O)Nc1nc(C2CC2)cs1. The van der Waals surface area contributed by atoms with Crippen LogP contribution in [-0.4, -0.2) is 17.4 Å². The summed E-state index contributed by atoms with van der Waals surface area (Å²) in [5.41, 5.74) is 7.17.